The van der Waals surface area contributed by atoms with Gasteiger partial charge in [-0.25, -0.2) is 9.13 Å². The second-order valence-electron chi connectivity index (χ2n) is 8.64. The van der Waals surface area contributed by atoms with Crippen LogP contribution in [0.5, 0.6) is 0 Å². The zero-order chi connectivity index (χ0) is 22.6. The lowest BCUT2D eigenvalue weighted by Crippen LogP contribution is -2.19. The summed E-state index contributed by atoms with van der Waals surface area (Å²) in [6.45, 7) is 9.79. The molecule has 0 saturated carbocycles. The van der Waals surface area contributed by atoms with Crippen molar-refractivity contribution in [3.8, 4) is 0 Å². The van der Waals surface area contributed by atoms with Crippen LogP contribution in [0.3, 0.4) is 0 Å². The largest absolute Gasteiger partial charge is 0.469 e. The first-order chi connectivity index (χ1) is 13.1. The highest BCUT2D eigenvalue weighted by molar-refractivity contribution is 7.46. The van der Waals surface area contributed by atoms with Gasteiger partial charge in [0.1, 0.15) is 0 Å². The number of phosphoric ester groups is 2. The van der Waals surface area contributed by atoms with Gasteiger partial charge in [0.05, 0.1) is 13.2 Å². The Morgan fingerprint density at radius 3 is 1.24 bits per heavy atom. The molecule has 0 unspecified atom stereocenters. The molecular weight excluding hydrogens is 426 g/mol. The maximum absolute atomic E-state index is 10.7. The Bertz CT molecular complexity index is 480. The van der Waals surface area contributed by atoms with Crippen molar-refractivity contribution in [2.75, 3.05) is 39.6 Å². The zero-order valence-corrected chi connectivity index (χ0v) is 19.7. The van der Waals surface area contributed by atoms with E-state index in [9.17, 15) is 9.13 Å². The molecule has 0 aromatic heterocycles. The molecule has 0 rings (SSSR count). The van der Waals surface area contributed by atoms with Gasteiger partial charge in [-0.2, -0.15) is 0 Å². The fourth-order valence-electron chi connectivity index (χ4n) is 2.43. The molecule has 29 heavy (non-hydrogen) atoms. The molecule has 0 atom stereocenters. The van der Waals surface area contributed by atoms with E-state index in [-0.39, 0.29) is 24.0 Å². The second-order valence-corrected chi connectivity index (χ2v) is 11.1. The molecule has 4 N–H and O–H groups in total. The summed E-state index contributed by atoms with van der Waals surface area (Å²) in [5.74, 6) is 0. The Morgan fingerprint density at radius 1 is 0.621 bits per heavy atom. The molecule has 0 bridgehead atoms. The molecule has 0 saturated heterocycles. The van der Waals surface area contributed by atoms with Gasteiger partial charge in [0.2, 0.25) is 0 Å². The van der Waals surface area contributed by atoms with Gasteiger partial charge in [-0.05, 0) is 42.9 Å². The van der Waals surface area contributed by atoms with Crippen LogP contribution in [-0.4, -0.2) is 59.2 Å². The van der Waals surface area contributed by atoms with Crippen LogP contribution in [0.25, 0.3) is 0 Å². The number of rotatable bonds is 18. The van der Waals surface area contributed by atoms with Crippen molar-refractivity contribution in [3.63, 3.8) is 0 Å². The molecule has 0 aromatic carbocycles. The maximum Gasteiger partial charge on any atom is 0.469 e. The van der Waals surface area contributed by atoms with E-state index in [0.29, 0.717) is 26.4 Å². The Morgan fingerprint density at radius 2 is 0.931 bits per heavy atom. The van der Waals surface area contributed by atoms with Crippen LogP contribution >= 0.6 is 15.6 Å². The molecule has 0 spiro atoms. The lowest BCUT2D eigenvalue weighted by molar-refractivity contribution is 0.0652. The van der Waals surface area contributed by atoms with Crippen LogP contribution < -0.4 is 0 Å². The SMILES string of the molecule is CC(C)(CCCOCCCOCCCC(C)(C)COP(=O)(O)O)COP(=O)(O)O. The molecule has 10 nitrogen and oxygen atoms in total. The topological polar surface area (TPSA) is 152 Å². The molecule has 176 valence electrons. The minimum absolute atomic E-state index is 0.00659. The van der Waals surface area contributed by atoms with E-state index in [1.54, 1.807) is 0 Å². The summed E-state index contributed by atoms with van der Waals surface area (Å²) in [5.41, 5.74) is -0.671. The van der Waals surface area contributed by atoms with E-state index >= 15 is 0 Å². The molecule has 0 aliphatic carbocycles. The minimum Gasteiger partial charge on any atom is -0.381 e. The Balaban J connectivity index is 3.58. The first-order valence-electron chi connectivity index (χ1n) is 9.68. The van der Waals surface area contributed by atoms with Gasteiger partial charge in [-0.15, -0.1) is 0 Å². The fourth-order valence-corrected chi connectivity index (χ4v) is 3.47. The lowest BCUT2D eigenvalue weighted by Gasteiger charge is -2.24. The van der Waals surface area contributed by atoms with Crippen LogP contribution in [0.1, 0.15) is 59.8 Å². The van der Waals surface area contributed by atoms with Crippen molar-refractivity contribution in [1.29, 1.82) is 0 Å². The highest BCUT2D eigenvalue weighted by atomic mass is 31.2. The van der Waals surface area contributed by atoms with Gasteiger partial charge in [0, 0.05) is 26.4 Å². The standard InChI is InChI=1S/C17H38O10P2/c1-16(2,14-26-28(18,19)20)8-5-10-24-12-7-13-25-11-6-9-17(3,4)15-27-29(21,22)23/h5-15H2,1-4H3,(H2,18,19,20)(H2,21,22,23). The van der Waals surface area contributed by atoms with Gasteiger partial charge in [0.25, 0.3) is 0 Å². The summed E-state index contributed by atoms with van der Waals surface area (Å²) in [5, 5.41) is 0. The molecule has 0 aromatic rings. The van der Waals surface area contributed by atoms with E-state index in [1.165, 1.54) is 0 Å². The van der Waals surface area contributed by atoms with Crippen molar-refractivity contribution in [2.24, 2.45) is 10.8 Å². The predicted octanol–water partition coefficient (Wildman–Crippen LogP) is 3.24. The van der Waals surface area contributed by atoms with Crippen molar-refractivity contribution in [2.45, 2.75) is 59.8 Å². The first-order valence-corrected chi connectivity index (χ1v) is 12.7. The van der Waals surface area contributed by atoms with E-state index < -0.39 is 15.6 Å². The Hall–Kier alpha value is 0.140. The molecular formula is C17H38O10P2. The summed E-state index contributed by atoms with van der Waals surface area (Å²) in [6, 6.07) is 0. The van der Waals surface area contributed by atoms with E-state index in [1.807, 2.05) is 27.7 Å². The molecule has 0 aliphatic heterocycles. The van der Waals surface area contributed by atoms with Crippen LogP contribution in [-0.2, 0) is 27.7 Å². The maximum atomic E-state index is 10.7. The van der Waals surface area contributed by atoms with E-state index in [0.717, 1.165) is 32.1 Å². The second kappa shape index (κ2) is 13.5. The highest BCUT2D eigenvalue weighted by Crippen LogP contribution is 2.39. The van der Waals surface area contributed by atoms with Gasteiger partial charge >= 0.3 is 15.6 Å². The summed E-state index contributed by atoms with van der Waals surface area (Å²) in [6.07, 6.45) is 3.75. The lowest BCUT2D eigenvalue weighted by atomic mass is 9.89. The Labute approximate surface area is 173 Å². The van der Waals surface area contributed by atoms with E-state index in [4.69, 9.17) is 29.0 Å². The summed E-state index contributed by atoms with van der Waals surface area (Å²) < 4.78 is 41.6. The van der Waals surface area contributed by atoms with Crippen molar-refractivity contribution in [1.82, 2.24) is 0 Å². The average molecular weight is 464 g/mol. The van der Waals surface area contributed by atoms with Crippen LogP contribution in [0, 0.1) is 10.8 Å². The fraction of sp³-hybridized carbons (Fsp3) is 1.00. The number of hydrogen-bond donors (Lipinski definition) is 4. The summed E-state index contributed by atoms with van der Waals surface area (Å²) >= 11 is 0. The first kappa shape index (κ1) is 29.1. The third kappa shape index (κ3) is 21.2. The number of ether oxygens (including phenoxy) is 2. The third-order valence-corrected chi connectivity index (χ3v) is 5.04. The monoisotopic (exact) mass is 464 g/mol. The highest BCUT2D eigenvalue weighted by Gasteiger charge is 2.24. The predicted molar refractivity (Wildman–Crippen MR) is 108 cm³/mol. The molecule has 0 fully saturated rings. The summed E-state index contributed by atoms with van der Waals surface area (Å²) in [7, 11) is -8.86. The molecule has 0 aliphatic rings. The van der Waals surface area contributed by atoms with Crippen molar-refractivity contribution < 1.29 is 47.2 Å². The molecule has 0 heterocycles. The average Bonchev–Trinajstić information content (AvgIpc) is 2.55. The Kier molecular flexibility index (Phi) is 13.6. The molecule has 12 heteroatoms. The third-order valence-electron chi connectivity index (χ3n) is 4.11. The van der Waals surface area contributed by atoms with Gasteiger partial charge in [-0.3, -0.25) is 9.05 Å². The van der Waals surface area contributed by atoms with Crippen LogP contribution in [0.15, 0.2) is 0 Å². The van der Waals surface area contributed by atoms with Gasteiger partial charge < -0.3 is 29.0 Å². The zero-order valence-electron chi connectivity index (χ0n) is 17.9. The quantitative estimate of drug-likeness (QED) is 0.176. The van der Waals surface area contributed by atoms with Crippen LogP contribution in [0.2, 0.25) is 0 Å². The normalized spacial score (nSPS) is 13.8. The van der Waals surface area contributed by atoms with E-state index in [2.05, 4.69) is 9.05 Å². The van der Waals surface area contributed by atoms with Gasteiger partial charge in [0.15, 0.2) is 0 Å². The number of hydrogen-bond acceptors (Lipinski definition) is 6. The smallest absolute Gasteiger partial charge is 0.381 e. The summed E-state index contributed by atoms with van der Waals surface area (Å²) in [4.78, 5) is 35.0. The number of phosphoric acid groups is 2. The minimum atomic E-state index is -4.43. The van der Waals surface area contributed by atoms with Crippen LogP contribution in [0.4, 0.5) is 0 Å². The van der Waals surface area contributed by atoms with Crippen molar-refractivity contribution in [3.05, 3.63) is 0 Å². The van der Waals surface area contributed by atoms with Gasteiger partial charge in [-0.1, -0.05) is 27.7 Å². The molecule has 0 radical (unpaired) electrons. The van der Waals surface area contributed by atoms with Crippen molar-refractivity contribution >= 4 is 15.6 Å². The molecule has 0 amide bonds.